The highest BCUT2D eigenvalue weighted by Crippen LogP contribution is 2.27. The molecule has 0 spiro atoms. The van der Waals surface area contributed by atoms with E-state index in [-0.39, 0.29) is 23.5 Å². The first-order valence-corrected chi connectivity index (χ1v) is 13.0. The molecule has 2 amide bonds. The maximum Gasteiger partial charge on any atom is 0.308 e. The first-order chi connectivity index (χ1) is 16.2. The number of nitrogens with one attached hydrogen (secondary N) is 2. The van der Waals surface area contributed by atoms with Crippen LogP contribution in [0.1, 0.15) is 62.7 Å². The molecule has 1 atom stereocenters. The third-order valence-corrected chi connectivity index (χ3v) is 6.74. The summed E-state index contributed by atoms with van der Waals surface area (Å²) in [5.41, 5.74) is 0.390. The van der Waals surface area contributed by atoms with Gasteiger partial charge in [0.05, 0.1) is 17.5 Å². The molecule has 1 aromatic carbocycles. The van der Waals surface area contributed by atoms with Crippen LogP contribution in [0.25, 0.3) is 0 Å². The summed E-state index contributed by atoms with van der Waals surface area (Å²) >= 11 is 8.89. The van der Waals surface area contributed by atoms with E-state index < -0.39 is 17.9 Å². The molecule has 1 saturated heterocycles. The molecule has 1 aromatic rings. The normalized spacial score (nSPS) is 18.9. The number of hydrogen-bond donors (Lipinski definition) is 2. The van der Waals surface area contributed by atoms with Crippen LogP contribution in [0.4, 0.5) is 0 Å². The van der Waals surface area contributed by atoms with Crippen LogP contribution < -0.4 is 15.4 Å². The molecule has 2 N–H and O–H groups in total. The van der Waals surface area contributed by atoms with Crippen LogP contribution in [0.3, 0.4) is 0 Å². The molecule has 3 rings (SSSR count). The Morgan fingerprint density at radius 3 is 2.68 bits per heavy atom. The molecule has 186 valence electrons. The molecule has 8 nitrogen and oxygen atoms in total. The number of hydrogen-bond acceptors (Lipinski definition) is 6. The van der Waals surface area contributed by atoms with E-state index in [1.165, 1.54) is 0 Å². The lowest BCUT2D eigenvalue weighted by molar-refractivity contribution is -0.153. The average Bonchev–Trinajstić information content (AvgIpc) is 2.80. The monoisotopic (exact) mass is 553 g/mol. The van der Waals surface area contributed by atoms with Crippen molar-refractivity contribution in [1.82, 2.24) is 15.5 Å². The fourth-order valence-corrected chi connectivity index (χ4v) is 4.80. The van der Waals surface area contributed by atoms with Crippen molar-refractivity contribution in [2.45, 2.75) is 64.5 Å². The third-order valence-electron chi connectivity index (χ3n) is 5.79. The van der Waals surface area contributed by atoms with E-state index >= 15 is 0 Å². The van der Waals surface area contributed by atoms with Gasteiger partial charge in [-0.05, 0) is 77.9 Å². The van der Waals surface area contributed by atoms with Gasteiger partial charge < -0.3 is 19.7 Å². The predicted molar refractivity (Wildman–Crippen MR) is 136 cm³/mol. The SMILES string of the molecule is CC(C)COc1ccc(C(=O)NC(=S)N2CCNC(=O)C2CC(=O)OC2CCCCC2)cc1Br. The van der Waals surface area contributed by atoms with Crippen LogP contribution in [-0.2, 0) is 14.3 Å². The van der Waals surface area contributed by atoms with Gasteiger partial charge in [-0.15, -0.1) is 0 Å². The predicted octanol–water partition coefficient (Wildman–Crippen LogP) is 3.57. The molecule has 1 aliphatic carbocycles. The summed E-state index contributed by atoms with van der Waals surface area (Å²) in [6.45, 7) is 5.44. The molecule has 2 aliphatic rings. The van der Waals surface area contributed by atoms with Crippen molar-refractivity contribution in [3.63, 3.8) is 0 Å². The van der Waals surface area contributed by atoms with Crippen LogP contribution in [0.5, 0.6) is 5.75 Å². The Morgan fingerprint density at radius 1 is 1.26 bits per heavy atom. The molecule has 10 heteroatoms. The topological polar surface area (TPSA) is 97.0 Å². The lowest BCUT2D eigenvalue weighted by atomic mass is 9.98. The molecule has 1 aliphatic heterocycles. The zero-order valence-corrected chi connectivity index (χ0v) is 22.0. The quantitative estimate of drug-likeness (QED) is 0.393. The van der Waals surface area contributed by atoms with E-state index in [0.29, 0.717) is 41.4 Å². The summed E-state index contributed by atoms with van der Waals surface area (Å²) in [6, 6.07) is 4.22. The molecule has 1 unspecified atom stereocenters. The number of amides is 2. The molecule has 1 saturated carbocycles. The highest BCUT2D eigenvalue weighted by atomic mass is 79.9. The summed E-state index contributed by atoms with van der Waals surface area (Å²) in [6.07, 6.45) is 4.77. The van der Waals surface area contributed by atoms with E-state index in [0.717, 1.165) is 32.1 Å². The second-order valence-corrected chi connectivity index (χ2v) is 10.3. The van der Waals surface area contributed by atoms with Gasteiger partial charge in [-0.25, -0.2) is 0 Å². The third kappa shape index (κ3) is 7.40. The van der Waals surface area contributed by atoms with Crippen LogP contribution >= 0.6 is 28.1 Å². The molecule has 34 heavy (non-hydrogen) atoms. The van der Waals surface area contributed by atoms with Gasteiger partial charge in [-0.2, -0.15) is 0 Å². The summed E-state index contributed by atoms with van der Waals surface area (Å²) in [5, 5.41) is 5.56. The Bertz CT molecular complexity index is 920. The number of benzene rings is 1. The van der Waals surface area contributed by atoms with Crippen LogP contribution in [0.2, 0.25) is 0 Å². The number of rotatable bonds is 7. The van der Waals surface area contributed by atoms with Crippen LogP contribution in [-0.4, -0.2) is 59.6 Å². The zero-order chi connectivity index (χ0) is 24.7. The summed E-state index contributed by atoms with van der Waals surface area (Å²) in [7, 11) is 0. The van der Waals surface area contributed by atoms with E-state index in [9.17, 15) is 14.4 Å². The lowest BCUT2D eigenvalue weighted by Crippen LogP contribution is -2.60. The molecular weight excluding hydrogens is 522 g/mol. The Balaban J connectivity index is 1.61. The number of esters is 1. The second kappa shape index (κ2) is 12.5. The van der Waals surface area contributed by atoms with Gasteiger partial charge in [0.25, 0.3) is 5.91 Å². The molecule has 2 fully saturated rings. The van der Waals surface area contributed by atoms with E-state index in [1.54, 1.807) is 23.1 Å². The summed E-state index contributed by atoms with van der Waals surface area (Å²) < 4.78 is 12.0. The minimum absolute atomic E-state index is 0.0843. The lowest BCUT2D eigenvalue weighted by Gasteiger charge is -2.36. The first kappa shape index (κ1) is 26.4. The fourth-order valence-electron chi connectivity index (χ4n) is 3.99. The molecule has 0 radical (unpaired) electrons. The second-order valence-electron chi connectivity index (χ2n) is 9.06. The highest BCUT2D eigenvalue weighted by Gasteiger charge is 2.35. The number of thiocarbonyl (C=S) groups is 1. The Kier molecular flexibility index (Phi) is 9.70. The van der Waals surface area contributed by atoms with Crippen molar-refractivity contribution in [3.8, 4) is 5.75 Å². The van der Waals surface area contributed by atoms with Crippen LogP contribution in [0, 0.1) is 5.92 Å². The minimum atomic E-state index is -0.823. The van der Waals surface area contributed by atoms with Gasteiger partial charge >= 0.3 is 5.97 Å². The Hall–Kier alpha value is -2.20. The van der Waals surface area contributed by atoms with E-state index in [1.807, 2.05) is 0 Å². The van der Waals surface area contributed by atoms with Crippen molar-refractivity contribution < 1.29 is 23.9 Å². The van der Waals surface area contributed by atoms with Crippen molar-refractivity contribution in [3.05, 3.63) is 28.2 Å². The van der Waals surface area contributed by atoms with Crippen molar-refractivity contribution >= 4 is 51.0 Å². The van der Waals surface area contributed by atoms with Crippen molar-refractivity contribution in [2.75, 3.05) is 19.7 Å². The van der Waals surface area contributed by atoms with Crippen LogP contribution in [0.15, 0.2) is 22.7 Å². The van der Waals surface area contributed by atoms with Gasteiger partial charge in [0.2, 0.25) is 5.91 Å². The number of piperazine rings is 1. The van der Waals surface area contributed by atoms with E-state index in [4.69, 9.17) is 21.7 Å². The van der Waals surface area contributed by atoms with Gasteiger partial charge in [0, 0.05) is 18.7 Å². The van der Waals surface area contributed by atoms with Gasteiger partial charge in [0.1, 0.15) is 17.9 Å². The number of halogens is 1. The standard InChI is InChI=1S/C24H32BrN3O5S/c1-15(2)14-32-20-9-8-16(12-18(20)25)22(30)27-24(34)28-11-10-26-23(31)19(28)13-21(29)33-17-6-4-3-5-7-17/h8-9,12,15,17,19H,3-7,10-11,13-14H2,1-2H3,(H,26,31)(H,27,30,34). The molecule has 0 aromatic heterocycles. The fraction of sp³-hybridized carbons (Fsp3) is 0.583. The van der Waals surface area contributed by atoms with Gasteiger partial charge in [-0.1, -0.05) is 20.3 Å². The molecule has 0 bridgehead atoms. The Morgan fingerprint density at radius 2 is 2.00 bits per heavy atom. The summed E-state index contributed by atoms with van der Waals surface area (Å²) in [4.78, 5) is 39.5. The highest BCUT2D eigenvalue weighted by molar-refractivity contribution is 9.10. The molecular formula is C24H32BrN3O5S. The number of carbonyl (C=O) groups excluding carboxylic acids is 3. The molecule has 1 heterocycles. The smallest absolute Gasteiger partial charge is 0.308 e. The Labute approximate surface area is 214 Å². The largest absolute Gasteiger partial charge is 0.492 e. The minimum Gasteiger partial charge on any atom is -0.492 e. The first-order valence-electron chi connectivity index (χ1n) is 11.8. The van der Waals surface area contributed by atoms with Crippen molar-refractivity contribution in [2.24, 2.45) is 5.92 Å². The average molecular weight is 555 g/mol. The maximum atomic E-state index is 12.8. The maximum absolute atomic E-state index is 12.8. The van der Waals surface area contributed by atoms with E-state index in [2.05, 4.69) is 40.4 Å². The van der Waals surface area contributed by atoms with Gasteiger partial charge in [-0.3, -0.25) is 19.7 Å². The zero-order valence-electron chi connectivity index (χ0n) is 19.6. The number of carbonyl (C=O) groups is 3. The van der Waals surface area contributed by atoms with Gasteiger partial charge in [0.15, 0.2) is 5.11 Å². The van der Waals surface area contributed by atoms with Crippen molar-refractivity contribution in [1.29, 1.82) is 0 Å². The summed E-state index contributed by atoms with van der Waals surface area (Å²) in [5.74, 6) is -0.110. The number of nitrogens with zero attached hydrogens (tertiary/aromatic N) is 1. The number of ether oxygens (including phenoxy) is 2.